The molecule has 0 nitrogen and oxygen atoms in total. The molecular formula is C29H38. The van der Waals surface area contributed by atoms with Gasteiger partial charge >= 0.3 is 0 Å². The molecule has 5 rings (SSSR count). The summed E-state index contributed by atoms with van der Waals surface area (Å²) in [5.74, 6) is 1.23. The summed E-state index contributed by atoms with van der Waals surface area (Å²) in [6.45, 7) is 24.4. The van der Waals surface area contributed by atoms with Gasteiger partial charge in [-0.1, -0.05) is 92.5 Å². The van der Waals surface area contributed by atoms with E-state index < -0.39 is 0 Å². The lowest BCUT2D eigenvalue weighted by atomic mass is 9.64. The fourth-order valence-corrected chi connectivity index (χ4v) is 7.85. The zero-order chi connectivity index (χ0) is 21.3. The van der Waals surface area contributed by atoms with Gasteiger partial charge in [0.1, 0.15) is 0 Å². The van der Waals surface area contributed by atoms with Crippen molar-refractivity contribution in [2.24, 2.45) is 28.1 Å². The number of rotatable bonds is 2. The Morgan fingerprint density at radius 2 is 0.897 bits per heavy atom. The van der Waals surface area contributed by atoms with Crippen molar-refractivity contribution in [3.8, 4) is 0 Å². The van der Waals surface area contributed by atoms with Gasteiger partial charge in [-0.2, -0.15) is 0 Å². The Labute approximate surface area is 178 Å². The van der Waals surface area contributed by atoms with Crippen molar-refractivity contribution in [2.45, 2.75) is 82.1 Å². The van der Waals surface area contributed by atoms with Crippen molar-refractivity contribution in [3.05, 3.63) is 67.9 Å². The van der Waals surface area contributed by atoms with Gasteiger partial charge in [0, 0.05) is 16.2 Å². The van der Waals surface area contributed by atoms with Crippen LogP contribution in [-0.4, -0.2) is 0 Å². The molecule has 0 saturated carbocycles. The normalized spacial score (nSPS) is 28.0. The highest BCUT2D eigenvalue weighted by atomic mass is 14.6. The van der Waals surface area contributed by atoms with Crippen molar-refractivity contribution in [3.63, 3.8) is 0 Å². The van der Waals surface area contributed by atoms with Crippen LogP contribution < -0.4 is 0 Å². The topological polar surface area (TPSA) is 0 Å². The molecule has 0 amide bonds. The molecule has 0 unspecified atom stereocenters. The summed E-state index contributed by atoms with van der Waals surface area (Å²) in [5, 5.41) is 0. The molecule has 0 aliphatic heterocycles. The molecule has 0 heteroatoms. The summed E-state index contributed by atoms with van der Waals surface area (Å²) in [6, 6.07) is 0. The fraction of sp³-hybridized carbons (Fsp3) is 0.586. The Kier molecular flexibility index (Phi) is 3.59. The van der Waals surface area contributed by atoms with E-state index in [9.17, 15) is 0 Å². The molecule has 0 bridgehead atoms. The van der Waals surface area contributed by atoms with E-state index in [4.69, 9.17) is 0 Å². The molecule has 0 heterocycles. The second kappa shape index (κ2) is 5.37. The molecular weight excluding hydrogens is 348 g/mol. The number of hydrogen-bond donors (Lipinski definition) is 0. The van der Waals surface area contributed by atoms with E-state index in [2.05, 4.69) is 81.4 Å². The molecule has 0 aromatic carbocycles. The first-order chi connectivity index (χ1) is 13.3. The molecule has 5 aliphatic rings. The quantitative estimate of drug-likeness (QED) is 0.448. The minimum absolute atomic E-state index is 0.119. The summed E-state index contributed by atoms with van der Waals surface area (Å²) >= 11 is 0. The van der Waals surface area contributed by atoms with Gasteiger partial charge in [-0.15, -0.1) is 0 Å². The minimum Gasteiger partial charge on any atom is -0.0590 e. The number of allylic oxidation sites excluding steroid dienone is 12. The Balaban J connectivity index is 1.59. The van der Waals surface area contributed by atoms with Gasteiger partial charge in [-0.3, -0.25) is 0 Å². The lowest BCUT2D eigenvalue weighted by Gasteiger charge is -2.39. The second-order valence-corrected chi connectivity index (χ2v) is 12.2. The SMILES string of the molecule is CC(C)C1=CC2=C(C3=C(C2)C2=C(C4=C(C=C(C(C)C)C4(C)C)C2)C3(C)C)C1(C)C. The molecule has 0 radical (unpaired) electrons. The average molecular weight is 387 g/mol. The van der Waals surface area contributed by atoms with E-state index in [-0.39, 0.29) is 16.2 Å². The first-order valence-corrected chi connectivity index (χ1v) is 11.7. The summed E-state index contributed by atoms with van der Waals surface area (Å²) in [5.41, 5.74) is 17.0. The Morgan fingerprint density at radius 1 is 0.552 bits per heavy atom. The lowest BCUT2D eigenvalue weighted by Crippen LogP contribution is -2.28. The van der Waals surface area contributed by atoms with Gasteiger partial charge in [0.15, 0.2) is 0 Å². The monoisotopic (exact) mass is 386 g/mol. The van der Waals surface area contributed by atoms with Gasteiger partial charge < -0.3 is 0 Å². The van der Waals surface area contributed by atoms with Crippen LogP contribution in [0.3, 0.4) is 0 Å². The first kappa shape index (κ1) is 19.4. The summed E-state index contributed by atoms with van der Waals surface area (Å²) < 4.78 is 0. The lowest BCUT2D eigenvalue weighted by molar-refractivity contribution is 0.442. The van der Waals surface area contributed by atoms with Crippen LogP contribution in [0.1, 0.15) is 82.1 Å². The highest BCUT2D eigenvalue weighted by Gasteiger charge is 2.55. The minimum atomic E-state index is 0.119. The molecule has 154 valence electrons. The number of fused-ring (bicyclic) bond motifs is 3. The summed E-state index contributed by atoms with van der Waals surface area (Å²) in [4.78, 5) is 0. The van der Waals surface area contributed by atoms with Crippen LogP contribution in [0.5, 0.6) is 0 Å². The van der Waals surface area contributed by atoms with E-state index in [1.54, 1.807) is 55.7 Å². The molecule has 0 fully saturated rings. The summed E-state index contributed by atoms with van der Waals surface area (Å²) in [7, 11) is 0. The van der Waals surface area contributed by atoms with E-state index in [1.807, 2.05) is 0 Å². The van der Waals surface area contributed by atoms with Gasteiger partial charge in [0.05, 0.1) is 0 Å². The summed E-state index contributed by atoms with van der Waals surface area (Å²) in [6.07, 6.45) is 7.44. The fourth-order valence-electron chi connectivity index (χ4n) is 7.85. The molecule has 5 aliphatic carbocycles. The van der Waals surface area contributed by atoms with Crippen molar-refractivity contribution >= 4 is 0 Å². The molecule has 0 atom stereocenters. The van der Waals surface area contributed by atoms with E-state index in [0.717, 1.165) is 12.8 Å². The Morgan fingerprint density at radius 3 is 1.21 bits per heavy atom. The van der Waals surface area contributed by atoms with Crippen LogP contribution >= 0.6 is 0 Å². The number of hydrogen-bond acceptors (Lipinski definition) is 0. The molecule has 0 spiro atoms. The third kappa shape index (κ3) is 2.11. The van der Waals surface area contributed by atoms with Gasteiger partial charge in [-0.25, -0.2) is 0 Å². The van der Waals surface area contributed by atoms with Crippen LogP contribution in [0.25, 0.3) is 0 Å². The van der Waals surface area contributed by atoms with E-state index in [0.29, 0.717) is 11.8 Å². The molecule has 29 heavy (non-hydrogen) atoms. The standard InChI is InChI=1S/C29H38/c1-15(2)21-13-17-11-19-20-12-18-14-22(16(3)4)28(7,8)24(18)26(20)29(9,10)25(19)23(17)27(21,5)6/h13-16H,11-12H2,1-10H3. The molecule has 0 aromatic rings. The largest absolute Gasteiger partial charge is 0.0590 e. The molecule has 0 N–H and O–H groups in total. The third-order valence-electron chi connectivity index (χ3n) is 8.69. The second-order valence-electron chi connectivity index (χ2n) is 12.2. The molecule has 0 aromatic heterocycles. The van der Waals surface area contributed by atoms with Crippen LogP contribution in [-0.2, 0) is 0 Å². The Hall–Kier alpha value is -1.56. The van der Waals surface area contributed by atoms with Crippen molar-refractivity contribution < 1.29 is 0 Å². The predicted molar refractivity (Wildman–Crippen MR) is 125 cm³/mol. The Bertz CT molecular complexity index is 961. The van der Waals surface area contributed by atoms with E-state index >= 15 is 0 Å². The maximum absolute atomic E-state index is 2.56. The molecule has 0 saturated heterocycles. The maximum Gasteiger partial charge on any atom is 0.0158 e. The highest BCUT2D eigenvalue weighted by molar-refractivity contribution is 5.79. The third-order valence-corrected chi connectivity index (χ3v) is 8.69. The van der Waals surface area contributed by atoms with Gasteiger partial charge in [0.2, 0.25) is 0 Å². The van der Waals surface area contributed by atoms with Crippen LogP contribution in [0, 0.1) is 28.1 Å². The van der Waals surface area contributed by atoms with Crippen molar-refractivity contribution in [1.29, 1.82) is 0 Å². The highest BCUT2D eigenvalue weighted by Crippen LogP contribution is 2.69. The zero-order valence-electron chi connectivity index (χ0n) is 20.2. The first-order valence-electron chi connectivity index (χ1n) is 11.7. The van der Waals surface area contributed by atoms with Crippen molar-refractivity contribution in [2.75, 3.05) is 0 Å². The van der Waals surface area contributed by atoms with Gasteiger partial charge in [0.25, 0.3) is 0 Å². The smallest absolute Gasteiger partial charge is 0.0158 e. The van der Waals surface area contributed by atoms with Crippen molar-refractivity contribution in [1.82, 2.24) is 0 Å². The van der Waals surface area contributed by atoms with Gasteiger partial charge in [-0.05, 0) is 69.3 Å². The van der Waals surface area contributed by atoms with Crippen LogP contribution in [0.4, 0.5) is 0 Å². The predicted octanol–water partition coefficient (Wildman–Crippen LogP) is 8.26. The maximum atomic E-state index is 2.56. The van der Waals surface area contributed by atoms with Crippen LogP contribution in [0.2, 0.25) is 0 Å². The van der Waals surface area contributed by atoms with E-state index in [1.165, 1.54) is 0 Å². The van der Waals surface area contributed by atoms with Crippen LogP contribution in [0.15, 0.2) is 67.9 Å². The average Bonchev–Trinajstić information content (AvgIpc) is 3.28. The zero-order valence-corrected chi connectivity index (χ0v) is 20.2.